The van der Waals surface area contributed by atoms with E-state index in [1.807, 2.05) is 13.0 Å². The van der Waals surface area contributed by atoms with Gasteiger partial charge in [0.05, 0.1) is 31.9 Å². The first-order chi connectivity index (χ1) is 15.3. The largest absolute Gasteiger partial charge is 0.496 e. The quantitative estimate of drug-likeness (QED) is 0.530. The van der Waals surface area contributed by atoms with Gasteiger partial charge in [-0.05, 0) is 61.0 Å². The van der Waals surface area contributed by atoms with Gasteiger partial charge in [0.15, 0.2) is 0 Å². The second-order valence-electron chi connectivity index (χ2n) is 6.83. The number of methoxy groups -OCH3 is 3. The van der Waals surface area contributed by atoms with Gasteiger partial charge in [0.2, 0.25) is 0 Å². The van der Waals surface area contributed by atoms with E-state index in [-0.39, 0.29) is 10.5 Å². The van der Waals surface area contributed by atoms with Crippen molar-refractivity contribution in [3.05, 3.63) is 71.8 Å². The number of benzene rings is 3. The lowest BCUT2D eigenvalue weighted by atomic mass is 10.1. The number of rotatable bonds is 8. The Hall–Kier alpha value is -3.72. The van der Waals surface area contributed by atoms with Crippen molar-refractivity contribution in [2.24, 2.45) is 0 Å². The first-order valence-electron chi connectivity index (χ1n) is 9.59. The predicted molar refractivity (Wildman–Crippen MR) is 122 cm³/mol. The maximum atomic E-state index is 12.8. The molecule has 0 saturated heterocycles. The van der Waals surface area contributed by atoms with Crippen LogP contribution in [0.1, 0.15) is 15.9 Å². The molecule has 0 aliphatic rings. The predicted octanol–water partition coefficient (Wildman–Crippen LogP) is 4.07. The van der Waals surface area contributed by atoms with E-state index in [2.05, 4.69) is 10.0 Å². The van der Waals surface area contributed by atoms with Crippen molar-refractivity contribution in [3.8, 4) is 17.2 Å². The molecule has 2 N–H and O–H groups in total. The maximum absolute atomic E-state index is 12.8. The average molecular weight is 457 g/mol. The van der Waals surface area contributed by atoms with Crippen molar-refractivity contribution >= 4 is 27.3 Å². The molecule has 0 heterocycles. The van der Waals surface area contributed by atoms with Crippen molar-refractivity contribution in [2.45, 2.75) is 11.8 Å². The minimum absolute atomic E-state index is 0.0360. The SMILES string of the molecule is COc1ccc(C)cc1NS(=O)(=O)c1ccc(NC(=O)c2c(OC)cccc2OC)cc1. The first kappa shape index (κ1) is 23.0. The molecule has 1 amide bonds. The van der Waals surface area contributed by atoms with E-state index in [0.29, 0.717) is 28.6 Å². The van der Waals surface area contributed by atoms with E-state index in [1.54, 1.807) is 30.3 Å². The van der Waals surface area contributed by atoms with Crippen molar-refractivity contribution < 1.29 is 27.4 Å². The van der Waals surface area contributed by atoms with E-state index >= 15 is 0 Å². The molecule has 3 rings (SSSR count). The second-order valence-corrected chi connectivity index (χ2v) is 8.51. The van der Waals surface area contributed by atoms with Crippen molar-refractivity contribution in [1.82, 2.24) is 0 Å². The number of aryl methyl sites for hydroxylation is 1. The zero-order valence-corrected chi connectivity index (χ0v) is 18.9. The molecule has 168 valence electrons. The minimum atomic E-state index is -3.86. The van der Waals surface area contributed by atoms with Crippen LogP contribution in [0.4, 0.5) is 11.4 Å². The van der Waals surface area contributed by atoms with Gasteiger partial charge >= 0.3 is 0 Å². The highest BCUT2D eigenvalue weighted by atomic mass is 32.2. The van der Waals surface area contributed by atoms with E-state index in [4.69, 9.17) is 14.2 Å². The number of nitrogens with one attached hydrogen (secondary N) is 2. The highest BCUT2D eigenvalue weighted by Gasteiger charge is 2.20. The Morgan fingerprint density at radius 3 is 1.97 bits per heavy atom. The van der Waals surface area contributed by atoms with Gasteiger partial charge < -0.3 is 19.5 Å². The Labute approximate surface area is 187 Å². The number of amides is 1. The molecule has 0 saturated carbocycles. The Morgan fingerprint density at radius 1 is 0.812 bits per heavy atom. The smallest absolute Gasteiger partial charge is 0.263 e. The molecule has 0 bridgehead atoms. The molecule has 0 aliphatic heterocycles. The van der Waals surface area contributed by atoms with Crippen LogP contribution in [0, 0.1) is 6.92 Å². The molecule has 0 unspecified atom stereocenters. The van der Waals surface area contributed by atoms with Crippen LogP contribution in [0.3, 0.4) is 0 Å². The fraction of sp³-hybridized carbons (Fsp3) is 0.174. The molecular formula is C23H24N2O6S. The van der Waals surface area contributed by atoms with Gasteiger partial charge in [-0.25, -0.2) is 8.42 Å². The van der Waals surface area contributed by atoms with E-state index in [1.165, 1.54) is 45.6 Å². The molecule has 9 heteroatoms. The Kier molecular flexibility index (Phi) is 6.89. The highest BCUT2D eigenvalue weighted by molar-refractivity contribution is 7.92. The first-order valence-corrected chi connectivity index (χ1v) is 11.1. The number of ether oxygens (including phenoxy) is 3. The lowest BCUT2D eigenvalue weighted by Crippen LogP contribution is -2.16. The van der Waals surface area contributed by atoms with Crippen molar-refractivity contribution in [3.63, 3.8) is 0 Å². The average Bonchev–Trinajstić information content (AvgIpc) is 2.78. The van der Waals surface area contributed by atoms with Gasteiger partial charge in [-0.3, -0.25) is 9.52 Å². The van der Waals surface area contributed by atoms with Crippen LogP contribution in [-0.4, -0.2) is 35.7 Å². The summed E-state index contributed by atoms with van der Waals surface area (Å²) in [6.07, 6.45) is 0. The Morgan fingerprint density at radius 2 is 1.41 bits per heavy atom. The van der Waals surface area contributed by atoms with Crippen molar-refractivity contribution in [1.29, 1.82) is 0 Å². The number of carbonyl (C=O) groups excluding carboxylic acids is 1. The molecule has 3 aromatic rings. The third-order valence-electron chi connectivity index (χ3n) is 4.68. The summed E-state index contributed by atoms with van der Waals surface area (Å²) < 4.78 is 43.9. The van der Waals surface area contributed by atoms with Gasteiger partial charge in [-0.15, -0.1) is 0 Å². The molecule has 0 atom stereocenters. The summed E-state index contributed by atoms with van der Waals surface area (Å²) in [6, 6.07) is 16.0. The van der Waals surface area contributed by atoms with Crippen LogP contribution in [0.5, 0.6) is 17.2 Å². The van der Waals surface area contributed by atoms with E-state index < -0.39 is 15.9 Å². The van der Waals surface area contributed by atoms with E-state index in [9.17, 15) is 13.2 Å². The normalized spacial score (nSPS) is 10.9. The monoisotopic (exact) mass is 456 g/mol. The van der Waals surface area contributed by atoms with Crippen LogP contribution in [0.15, 0.2) is 65.6 Å². The summed E-state index contributed by atoms with van der Waals surface area (Å²) >= 11 is 0. The van der Waals surface area contributed by atoms with Gasteiger partial charge in [0.25, 0.3) is 15.9 Å². The molecule has 8 nitrogen and oxygen atoms in total. The molecule has 0 radical (unpaired) electrons. The van der Waals surface area contributed by atoms with E-state index in [0.717, 1.165) is 5.56 Å². The standard InChI is InChI=1S/C23H24N2O6S/c1-15-8-13-19(29-2)18(14-15)25-32(27,28)17-11-9-16(10-12-17)24-23(26)22-20(30-3)6-5-7-21(22)31-4/h5-14,25H,1-4H3,(H,24,26). The zero-order chi connectivity index (χ0) is 23.3. The zero-order valence-electron chi connectivity index (χ0n) is 18.1. The molecular weight excluding hydrogens is 432 g/mol. The maximum Gasteiger partial charge on any atom is 0.263 e. The second kappa shape index (κ2) is 9.61. The third kappa shape index (κ3) is 4.94. The Bertz CT molecular complexity index is 1200. The number of carbonyl (C=O) groups is 1. The van der Waals surface area contributed by atoms with Crippen LogP contribution in [0.2, 0.25) is 0 Å². The number of hydrogen-bond acceptors (Lipinski definition) is 6. The molecule has 0 fully saturated rings. The summed E-state index contributed by atoms with van der Waals surface area (Å²) in [5, 5.41) is 2.73. The lowest BCUT2D eigenvalue weighted by Gasteiger charge is -2.14. The summed E-state index contributed by atoms with van der Waals surface area (Å²) in [5.74, 6) is 0.682. The van der Waals surface area contributed by atoms with Gasteiger partial charge in [-0.1, -0.05) is 12.1 Å². The molecule has 0 aromatic heterocycles. The lowest BCUT2D eigenvalue weighted by molar-refractivity contribution is 0.102. The topological polar surface area (TPSA) is 103 Å². The van der Waals surface area contributed by atoms with Gasteiger partial charge in [-0.2, -0.15) is 0 Å². The number of anilines is 2. The third-order valence-corrected chi connectivity index (χ3v) is 6.06. The molecule has 0 aliphatic carbocycles. The minimum Gasteiger partial charge on any atom is -0.496 e. The molecule has 32 heavy (non-hydrogen) atoms. The van der Waals surface area contributed by atoms with Gasteiger partial charge in [0.1, 0.15) is 22.8 Å². The summed E-state index contributed by atoms with van der Waals surface area (Å²) in [4.78, 5) is 12.8. The highest BCUT2D eigenvalue weighted by Crippen LogP contribution is 2.30. The summed E-state index contributed by atoms with van der Waals surface area (Å²) in [5.41, 5.74) is 1.87. The molecule has 0 spiro atoms. The number of sulfonamides is 1. The van der Waals surface area contributed by atoms with Crippen LogP contribution in [-0.2, 0) is 10.0 Å². The van der Waals surface area contributed by atoms with Crippen molar-refractivity contribution in [2.75, 3.05) is 31.4 Å². The van der Waals surface area contributed by atoms with Crippen LogP contribution < -0.4 is 24.2 Å². The molecule has 3 aromatic carbocycles. The summed E-state index contributed by atoms with van der Waals surface area (Å²) in [6.45, 7) is 1.85. The Balaban J connectivity index is 1.81. The van der Waals surface area contributed by atoms with Crippen LogP contribution >= 0.6 is 0 Å². The van der Waals surface area contributed by atoms with Crippen LogP contribution in [0.25, 0.3) is 0 Å². The fourth-order valence-corrected chi connectivity index (χ4v) is 4.15. The van der Waals surface area contributed by atoms with Gasteiger partial charge in [0, 0.05) is 5.69 Å². The number of hydrogen-bond donors (Lipinski definition) is 2. The fourth-order valence-electron chi connectivity index (χ4n) is 3.09. The summed E-state index contributed by atoms with van der Waals surface area (Å²) in [7, 11) is 0.524.